The Morgan fingerprint density at radius 3 is 2.52 bits per heavy atom. The van der Waals surface area contributed by atoms with Crippen LogP contribution in [0.2, 0.25) is 0 Å². The molecule has 2 rings (SSSR count). The number of alkyl halides is 2. The fourth-order valence-corrected chi connectivity index (χ4v) is 2.43. The van der Waals surface area contributed by atoms with E-state index in [-0.39, 0.29) is 6.10 Å². The highest BCUT2D eigenvalue weighted by atomic mass is 35.5. The van der Waals surface area contributed by atoms with Gasteiger partial charge in [-0.3, -0.25) is 10.1 Å². The van der Waals surface area contributed by atoms with Crippen molar-refractivity contribution in [2.75, 3.05) is 5.32 Å². The smallest absolute Gasteiger partial charge is 0.259 e. The van der Waals surface area contributed by atoms with Gasteiger partial charge in [0, 0.05) is 10.9 Å². The second-order valence-corrected chi connectivity index (χ2v) is 6.47. The number of benzene rings is 1. The van der Waals surface area contributed by atoms with Crippen LogP contribution in [0.1, 0.15) is 13.8 Å². The van der Waals surface area contributed by atoms with Gasteiger partial charge >= 0.3 is 0 Å². The maximum absolute atomic E-state index is 11.4. The zero-order valence-electron chi connectivity index (χ0n) is 11.5. The van der Waals surface area contributed by atoms with E-state index in [9.17, 15) is 4.79 Å². The van der Waals surface area contributed by atoms with E-state index in [2.05, 4.69) is 10.3 Å². The Kier molecular flexibility index (Phi) is 5.45. The van der Waals surface area contributed by atoms with Crippen molar-refractivity contribution in [3.05, 3.63) is 29.6 Å². The number of hydrogen-bond acceptors (Lipinski definition) is 4. The first-order valence-electron chi connectivity index (χ1n) is 6.27. The molecule has 1 amide bonds. The van der Waals surface area contributed by atoms with Crippen molar-refractivity contribution in [2.24, 2.45) is 0 Å². The van der Waals surface area contributed by atoms with Crippen LogP contribution in [0, 0.1) is 0 Å². The Morgan fingerprint density at radius 1 is 1.29 bits per heavy atom. The van der Waals surface area contributed by atoms with E-state index in [1.165, 1.54) is 11.3 Å². The highest BCUT2D eigenvalue weighted by molar-refractivity contribution is 7.14. The van der Waals surface area contributed by atoms with Gasteiger partial charge in [-0.25, -0.2) is 4.98 Å². The third kappa shape index (κ3) is 4.59. The quantitative estimate of drug-likeness (QED) is 0.820. The zero-order valence-corrected chi connectivity index (χ0v) is 13.8. The Hall–Kier alpha value is -1.30. The van der Waals surface area contributed by atoms with Crippen LogP contribution in [0.4, 0.5) is 5.13 Å². The van der Waals surface area contributed by atoms with Crippen molar-refractivity contribution >= 4 is 45.6 Å². The van der Waals surface area contributed by atoms with Crippen LogP contribution in [0.25, 0.3) is 11.3 Å². The van der Waals surface area contributed by atoms with Gasteiger partial charge in [0.25, 0.3) is 5.91 Å². The minimum atomic E-state index is -1.11. The van der Waals surface area contributed by atoms with Gasteiger partial charge < -0.3 is 4.74 Å². The van der Waals surface area contributed by atoms with Crippen LogP contribution < -0.4 is 10.1 Å². The average Bonchev–Trinajstić information content (AvgIpc) is 2.87. The Morgan fingerprint density at radius 2 is 1.95 bits per heavy atom. The van der Waals surface area contributed by atoms with Gasteiger partial charge in [0.2, 0.25) is 0 Å². The lowest BCUT2D eigenvalue weighted by Gasteiger charge is -2.09. The van der Waals surface area contributed by atoms with E-state index in [0.717, 1.165) is 17.0 Å². The summed E-state index contributed by atoms with van der Waals surface area (Å²) in [6, 6.07) is 7.62. The molecule has 0 fully saturated rings. The predicted molar refractivity (Wildman–Crippen MR) is 87.4 cm³/mol. The predicted octanol–water partition coefficient (Wildman–Crippen LogP) is 4.34. The zero-order chi connectivity index (χ0) is 15.4. The third-order valence-electron chi connectivity index (χ3n) is 2.45. The molecule has 1 heterocycles. The second kappa shape index (κ2) is 7.11. The largest absolute Gasteiger partial charge is 0.491 e. The van der Waals surface area contributed by atoms with Crippen molar-refractivity contribution in [3.63, 3.8) is 0 Å². The SMILES string of the molecule is CC(C)Oc1ccc(-c2csc(NC(=O)C(Cl)Cl)n2)cc1. The molecule has 7 heteroatoms. The maximum atomic E-state index is 11.4. The van der Waals surface area contributed by atoms with E-state index in [4.69, 9.17) is 27.9 Å². The number of ether oxygens (including phenoxy) is 1. The number of thiazole rings is 1. The first kappa shape index (κ1) is 16.1. The van der Waals surface area contributed by atoms with E-state index in [0.29, 0.717) is 5.13 Å². The standard InChI is InChI=1S/C14H14Cl2N2O2S/c1-8(2)20-10-5-3-9(4-6-10)11-7-21-14(17-11)18-13(19)12(15)16/h3-8,12H,1-2H3,(H,17,18,19). The molecule has 0 saturated carbocycles. The Labute approximate surface area is 137 Å². The maximum Gasteiger partial charge on any atom is 0.259 e. The van der Waals surface area contributed by atoms with Gasteiger partial charge in [0.05, 0.1) is 11.8 Å². The first-order chi connectivity index (χ1) is 9.95. The first-order valence-corrected chi connectivity index (χ1v) is 8.02. The number of carbonyl (C=O) groups is 1. The summed E-state index contributed by atoms with van der Waals surface area (Å²) < 4.78 is 5.59. The minimum absolute atomic E-state index is 0.135. The molecule has 0 radical (unpaired) electrons. The fraction of sp³-hybridized carbons (Fsp3) is 0.286. The summed E-state index contributed by atoms with van der Waals surface area (Å²) in [5, 5.41) is 4.86. The number of rotatable bonds is 5. The molecule has 1 aromatic carbocycles. The van der Waals surface area contributed by atoms with E-state index in [1.807, 2.05) is 43.5 Å². The van der Waals surface area contributed by atoms with E-state index in [1.54, 1.807) is 0 Å². The number of nitrogens with one attached hydrogen (secondary N) is 1. The lowest BCUT2D eigenvalue weighted by atomic mass is 10.2. The number of nitrogens with zero attached hydrogens (tertiary/aromatic N) is 1. The van der Waals surface area contributed by atoms with Crippen molar-refractivity contribution in [3.8, 4) is 17.0 Å². The molecule has 21 heavy (non-hydrogen) atoms. The van der Waals surface area contributed by atoms with E-state index >= 15 is 0 Å². The van der Waals surface area contributed by atoms with E-state index < -0.39 is 10.7 Å². The molecule has 0 bridgehead atoms. The average molecular weight is 345 g/mol. The van der Waals surface area contributed by atoms with Gasteiger partial charge in [-0.05, 0) is 38.1 Å². The van der Waals surface area contributed by atoms with Gasteiger partial charge in [-0.1, -0.05) is 23.2 Å². The highest BCUT2D eigenvalue weighted by Gasteiger charge is 2.13. The van der Waals surface area contributed by atoms with Crippen molar-refractivity contribution < 1.29 is 9.53 Å². The lowest BCUT2D eigenvalue weighted by Crippen LogP contribution is -2.18. The molecular weight excluding hydrogens is 331 g/mol. The van der Waals surface area contributed by atoms with Crippen molar-refractivity contribution in [1.82, 2.24) is 4.98 Å². The molecule has 4 nitrogen and oxygen atoms in total. The molecule has 0 unspecified atom stereocenters. The van der Waals surface area contributed by atoms with Crippen LogP contribution in [0.15, 0.2) is 29.6 Å². The van der Waals surface area contributed by atoms with Crippen LogP contribution in [-0.2, 0) is 4.79 Å². The minimum Gasteiger partial charge on any atom is -0.491 e. The van der Waals surface area contributed by atoms with Gasteiger partial charge in [0.15, 0.2) is 9.97 Å². The number of anilines is 1. The summed E-state index contributed by atoms with van der Waals surface area (Å²) in [4.78, 5) is 14.6. The molecular formula is C14H14Cl2N2O2S. The number of hydrogen-bond donors (Lipinski definition) is 1. The van der Waals surface area contributed by atoms with Crippen LogP contribution >= 0.6 is 34.5 Å². The van der Waals surface area contributed by atoms with Crippen LogP contribution in [0.5, 0.6) is 5.75 Å². The van der Waals surface area contributed by atoms with Gasteiger partial charge in [-0.15, -0.1) is 11.3 Å². The Bertz CT molecular complexity index is 612. The molecule has 0 spiro atoms. The fourth-order valence-electron chi connectivity index (χ4n) is 1.60. The molecule has 1 N–H and O–H groups in total. The summed E-state index contributed by atoms with van der Waals surface area (Å²) in [7, 11) is 0. The lowest BCUT2D eigenvalue weighted by molar-refractivity contribution is -0.114. The summed E-state index contributed by atoms with van der Waals surface area (Å²) in [5.74, 6) is 0.324. The molecule has 0 atom stereocenters. The number of carbonyl (C=O) groups excluding carboxylic acids is 1. The van der Waals surface area contributed by atoms with Crippen LogP contribution in [-0.4, -0.2) is 21.8 Å². The molecule has 112 valence electrons. The topological polar surface area (TPSA) is 51.2 Å². The molecule has 2 aromatic rings. The monoisotopic (exact) mass is 344 g/mol. The second-order valence-electron chi connectivity index (χ2n) is 4.52. The van der Waals surface area contributed by atoms with Gasteiger partial charge in [-0.2, -0.15) is 0 Å². The number of amides is 1. The van der Waals surface area contributed by atoms with Crippen LogP contribution in [0.3, 0.4) is 0 Å². The molecule has 1 aromatic heterocycles. The summed E-state index contributed by atoms with van der Waals surface area (Å²) >= 11 is 12.3. The molecule has 0 aliphatic rings. The summed E-state index contributed by atoms with van der Waals surface area (Å²) in [5.41, 5.74) is 1.71. The summed E-state index contributed by atoms with van der Waals surface area (Å²) in [6.45, 7) is 3.95. The molecule has 0 aliphatic carbocycles. The number of halogens is 2. The molecule has 0 saturated heterocycles. The number of aromatic nitrogens is 1. The third-order valence-corrected chi connectivity index (χ3v) is 3.61. The van der Waals surface area contributed by atoms with Gasteiger partial charge in [0.1, 0.15) is 5.75 Å². The normalized spacial score (nSPS) is 11.0. The summed E-state index contributed by atoms with van der Waals surface area (Å²) in [6.07, 6.45) is 0.135. The molecule has 0 aliphatic heterocycles. The van der Waals surface area contributed by atoms with Crippen molar-refractivity contribution in [2.45, 2.75) is 24.8 Å². The highest BCUT2D eigenvalue weighted by Crippen LogP contribution is 2.27. The Balaban J connectivity index is 2.09. The van der Waals surface area contributed by atoms with Crippen molar-refractivity contribution in [1.29, 1.82) is 0 Å².